The molecule has 168 valence electrons. The fourth-order valence-corrected chi connectivity index (χ4v) is 3.97. The zero-order valence-electron chi connectivity index (χ0n) is 19.4. The Labute approximate surface area is 188 Å². The topological polar surface area (TPSA) is 59.8 Å². The van der Waals surface area contributed by atoms with Crippen LogP contribution in [-0.4, -0.2) is 41.9 Å². The monoisotopic (exact) mass is 434 g/mol. The standard InChI is InChI=1S/C25H30N4O3/c1-17-6-9-21(10-7-17)28-15-27(16-29-24(30)18(2)19(3)26-25(28)29)13-12-20-8-11-22(31-4)23(14-20)32-5/h6-11,14H,12-13,15-16H2,1-5H3. The minimum absolute atomic E-state index is 0.0143. The fraction of sp³-hybridized carbons (Fsp3) is 0.360. The molecule has 0 fully saturated rings. The summed E-state index contributed by atoms with van der Waals surface area (Å²) >= 11 is 0. The van der Waals surface area contributed by atoms with Crippen molar-refractivity contribution in [1.29, 1.82) is 0 Å². The number of anilines is 2. The van der Waals surface area contributed by atoms with Gasteiger partial charge in [0.2, 0.25) is 5.95 Å². The van der Waals surface area contributed by atoms with E-state index in [-0.39, 0.29) is 5.56 Å². The SMILES string of the molecule is COc1ccc(CCN2CN(c3ccc(C)cc3)c3nc(C)c(C)c(=O)n3C2)cc1OC. The number of ether oxygens (including phenoxy) is 2. The smallest absolute Gasteiger partial charge is 0.259 e. The molecule has 2 heterocycles. The average Bonchev–Trinajstić information content (AvgIpc) is 2.81. The van der Waals surface area contributed by atoms with E-state index in [1.807, 2.05) is 26.0 Å². The van der Waals surface area contributed by atoms with Crippen molar-refractivity contribution in [1.82, 2.24) is 14.5 Å². The molecule has 0 saturated carbocycles. The molecule has 3 aromatic rings. The maximum atomic E-state index is 13.1. The Morgan fingerprint density at radius 3 is 2.34 bits per heavy atom. The molecule has 0 atom stereocenters. The summed E-state index contributed by atoms with van der Waals surface area (Å²) in [5.41, 5.74) is 4.86. The lowest BCUT2D eigenvalue weighted by Gasteiger charge is -2.38. The van der Waals surface area contributed by atoms with E-state index in [0.717, 1.165) is 41.4 Å². The van der Waals surface area contributed by atoms with E-state index in [9.17, 15) is 4.79 Å². The zero-order valence-corrected chi connectivity index (χ0v) is 19.4. The summed E-state index contributed by atoms with van der Waals surface area (Å²) < 4.78 is 12.6. The van der Waals surface area contributed by atoms with E-state index in [2.05, 4.69) is 47.1 Å². The highest BCUT2D eigenvalue weighted by atomic mass is 16.5. The molecule has 4 rings (SSSR count). The Morgan fingerprint density at radius 1 is 0.938 bits per heavy atom. The third kappa shape index (κ3) is 4.21. The summed E-state index contributed by atoms with van der Waals surface area (Å²) in [5.74, 6) is 2.14. The summed E-state index contributed by atoms with van der Waals surface area (Å²) in [4.78, 5) is 22.2. The third-order valence-electron chi connectivity index (χ3n) is 6.05. The number of aromatic nitrogens is 2. The summed E-state index contributed by atoms with van der Waals surface area (Å²) in [6.07, 6.45) is 0.824. The first-order chi connectivity index (χ1) is 15.4. The molecular weight excluding hydrogens is 404 g/mol. The minimum Gasteiger partial charge on any atom is -0.493 e. The quantitative estimate of drug-likeness (QED) is 0.588. The molecule has 1 aromatic heterocycles. The van der Waals surface area contributed by atoms with Crippen LogP contribution in [0.5, 0.6) is 11.5 Å². The first-order valence-electron chi connectivity index (χ1n) is 10.8. The van der Waals surface area contributed by atoms with Crippen LogP contribution in [0.3, 0.4) is 0 Å². The number of aryl methyl sites for hydroxylation is 2. The summed E-state index contributed by atoms with van der Waals surface area (Å²) in [6, 6.07) is 14.3. The highest BCUT2D eigenvalue weighted by molar-refractivity contribution is 5.58. The van der Waals surface area contributed by atoms with Crippen LogP contribution in [0.1, 0.15) is 22.4 Å². The molecule has 1 aliphatic rings. The van der Waals surface area contributed by atoms with Gasteiger partial charge >= 0.3 is 0 Å². The van der Waals surface area contributed by atoms with Crippen LogP contribution >= 0.6 is 0 Å². The Hall–Kier alpha value is -3.32. The van der Waals surface area contributed by atoms with E-state index in [0.29, 0.717) is 24.8 Å². The largest absolute Gasteiger partial charge is 0.493 e. The number of rotatable bonds is 6. The van der Waals surface area contributed by atoms with E-state index in [4.69, 9.17) is 14.5 Å². The normalized spacial score (nSPS) is 13.7. The van der Waals surface area contributed by atoms with Crippen molar-refractivity contribution in [3.8, 4) is 11.5 Å². The molecule has 7 nitrogen and oxygen atoms in total. The number of methoxy groups -OCH3 is 2. The van der Waals surface area contributed by atoms with Crippen molar-refractivity contribution in [2.45, 2.75) is 33.9 Å². The van der Waals surface area contributed by atoms with Gasteiger partial charge in [-0.1, -0.05) is 23.8 Å². The van der Waals surface area contributed by atoms with Crippen LogP contribution in [0.15, 0.2) is 47.3 Å². The van der Waals surface area contributed by atoms with Crippen LogP contribution in [0.4, 0.5) is 11.6 Å². The number of benzene rings is 2. The highest BCUT2D eigenvalue weighted by Gasteiger charge is 2.27. The average molecular weight is 435 g/mol. The lowest BCUT2D eigenvalue weighted by Crippen LogP contribution is -2.48. The van der Waals surface area contributed by atoms with Gasteiger partial charge in [0.15, 0.2) is 11.5 Å². The molecule has 0 unspecified atom stereocenters. The molecule has 2 aromatic carbocycles. The molecule has 32 heavy (non-hydrogen) atoms. The van der Waals surface area contributed by atoms with Gasteiger partial charge in [0.1, 0.15) is 0 Å². The molecule has 0 radical (unpaired) electrons. The van der Waals surface area contributed by atoms with Crippen LogP contribution < -0.4 is 19.9 Å². The molecule has 0 N–H and O–H groups in total. The molecule has 7 heteroatoms. The van der Waals surface area contributed by atoms with Gasteiger partial charge in [-0.25, -0.2) is 4.98 Å². The maximum absolute atomic E-state index is 13.1. The minimum atomic E-state index is 0.0143. The van der Waals surface area contributed by atoms with Gasteiger partial charge in [-0.3, -0.25) is 19.2 Å². The molecular formula is C25H30N4O3. The van der Waals surface area contributed by atoms with E-state index < -0.39 is 0 Å². The second-order valence-corrected chi connectivity index (χ2v) is 8.24. The summed E-state index contributed by atoms with van der Waals surface area (Å²) in [6.45, 7) is 7.77. The number of hydrogen-bond acceptors (Lipinski definition) is 6. The number of hydrogen-bond donors (Lipinski definition) is 0. The first-order valence-corrected chi connectivity index (χ1v) is 10.8. The van der Waals surface area contributed by atoms with Crippen LogP contribution in [-0.2, 0) is 13.1 Å². The molecule has 0 aliphatic carbocycles. The maximum Gasteiger partial charge on any atom is 0.259 e. The molecule has 1 aliphatic heterocycles. The lowest BCUT2D eigenvalue weighted by molar-refractivity contribution is 0.200. The predicted molar refractivity (Wildman–Crippen MR) is 126 cm³/mol. The second-order valence-electron chi connectivity index (χ2n) is 8.24. The molecule has 0 bridgehead atoms. The highest BCUT2D eigenvalue weighted by Crippen LogP contribution is 2.30. The Balaban J connectivity index is 1.63. The van der Waals surface area contributed by atoms with Gasteiger partial charge in [0.25, 0.3) is 5.56 Å². The molecule has 0 saturated heterocycles. The van der Waals surface area contributed by atoms with E-state index >= 15 is 0 Å². The second kappa shape index (κ2) is 9.04. The van der Waals surface area contributed by atoms with Gasteiger partial charge in [0.05, 0.1) is 27.6 Å². The Kier molecular flexibility index (Phi) is 6.19. The van der Waals surface area contributed by atoms with Gasteiger partial charge < -0.3 is 9.47 Å². The van der Waals surface area contributed by atoms with Gasteiger partial charge in [-0.05, 0) is 57.0 Å². The van der Waals surface area contributed by atoms with E-state index in [1.54, 1.807) is 18.8 Å². The Bertz CT molecular complexity index is 1170. The Morgan fingerprint density at radius 2 is 1.66 bits per heavy atom. The van der Waals surface area contributed by atoms with Gasteiger partial charge in [0, 0.05) is 23.5 Å². The molecule has 0 amide bonds. The van der Waals surface area contributed by atoms with Crippen molar-refractivity contribution in [3.63, 3.8) is 0 Å². The molecule has 0 spiro atoms. The fourth-order valence-electron chi connectivity index (χ4n) is 3.97. The van der Waals surface area contributed by atoms with Gasteiger partial charge in [-0.2, -0.15) is 0 Å². The number of nitrogens with zero attached hydrogens (tertiary/aromatic N) is 4. The van der Waals surface area contributed by atoms with E-state index in [1.165, 1.54) is 5.56 Å². The van der Waals surface area contributed by atoms with Crippen LogP contribution in [0, 0.1) is 20.8 Å². The zero-order chi connectivity index (χ0) is 22.8. The van der Waals surface area contributed by atoms with Crippen LogP contribution in [0.25, 0.3) is 0 Å². The van der Waals surface area contributed by atoms with Crippen molar-refractivity contribution in [3.05, 3.63) is 75.2 Å². The van der Waals surface area contributed by atoms with Crippen molar-refractivity contribution in [2.24, 2.45) is 0 Å². The number of fused-ring (bicyclic) bond motifs is 1. The lowest BCUT2D eigenvalue weighted by atomic mass is 10.1. The van der Waals surface area contributed by atoms with Crippen LogP contribution in [0.2, 0.25) is 0 Å². The summed E-state index contributed by atoms with van der Waals surface area (Å²) in [5, 5.41) is 0. The van der Waals surface area contributed by atoms with Gasteiger partial charge in [-0.15, -0.1) is 0 Å². The first kappa shape index (κ1) is 21.9. The summed E-state index contributed by atoms with van der Waals surface area (Å²) in [7, 11) is 3.28. The van der Waals surface area contributed by atoms with Crippen molar-refractivity contribution in [2.75, 3.05) is 32.3 Å². The third-order valence-corrected chi connectivity index (χ3v) is 6.05. The van der Waals surface area contributed by atoms with Crippen molar-refractivity contribution >= 4 is 11.6 Å². The van der Waals surface area contributed by atoms with Crippen molar-refractivity contribution < 1.29 is 9.47 Å². The predicted octanol–water partition coefficient (Wildman–Crippen LogP) is 3.80.